The van der Waals surface area contributed by atoms with E-state index < -0.39 is 0 Å². The fraction of sp³-hybridized carbons (Fsp3) is 0.250. The number of carbonyl (C=O) groups is 1. The molecule has 0 aliphatic heterocycles. The van der Waals surface area contributed by atoms with Gasteiger partial charge < -0.3 is 10.1 Å². The van der Waals surface area contributed by atoms with Gasteiger partial charge in [0.1, 0.15) is 11.4 Å². The van der Waals surface area contributed by atoms with Gasteiger partial charge in [-0.25, -0.2) is 4.98 Å². The number of amides is 1. The predicted octanol–water partition coefficient (Wildman–Crippen LogP) is 3.64. The summed E-state index contributed by atoms with van der Waals surface area (Å²) in [5.41, 5.74) is 3.20. The molecular formula is C20H22N4O2. The van der Waals surface area contributed by atoms with Gasteiger partial charge >= 0.3 is 0 Å². The van der Waals surface area contributed by atoms with Gasteiger partial charge in [0.2, 0.25) is 5.88 Å². The van der Waals surface area contributed by atoms with Crippen molar-refractivity contribution >= 4 is 5.91 Å². The first-order chi connectivity index (χ1) is 12.6. The molecule has 0 aliphatic rings. The minimum absolute atomic E-state index is 0.168. The van der Waals surface area contributed by atoms with Gasteiger partial charge in [0.25, 0.3) is 5.91 Å². The molecule has 2 aromatic heterocycles. The summed E-state index contributed by atoms with van der Waals surface area (Å²) >= 11 is 0. The third-order valence-electron chi connectivity index (χ3n) is 4.02. The number of carbonyl (C=O) groups excluding carboxylic acids is 1. The highest BCUT2D eigenvalue weighted by molar-refractivity contribution is 5.92. The third-order valence-corrected chi connectivity index (χ3v) is 4.02. The third kappa shape index (κ3) is 3.91. The molecule has 0 aliphatic carbocycles. The number of hydrogen-bond acceptors (Lipinski definition) is 4. The summed E-state index contributed by atoms with van der Waals surface area (Å²) in [5, 5.41) is 7.23. The van der Waals surface area contributed by atoms with Gasteiger partial charge in [-0.15, -0.1) is 0 Å². The van der Waals surface area contributed by atoms with Gasteiger partial charge in [-0.3, -0.25) is 9.48 Å². The Kier molecular flexibility index (Phi) is 5.31. The Bertz CT molecular complexity index is 918. The summed E-state index contributed by atoms with van der Waals surface area (Å²) < 4.78 is 7.64. The molecule has 0 unspecified atom stereocenters. The lowest BCUT2D eigenvalue weighted by Gasteiger charge is -2.12. The Morgan fingerprint density at radius 3 is 2.77 bits per heavy atom. The smallest absolute Gasteiger partial charge is 0.269 e. The van der Waals surface area contributed by atoms with Gasteiger partial charge in [0.15, 0.2) is 0 Å². The molecule has 3 aromatic rings. The van der Waals surface area contributed by atoms with Crippen LogP contribution in [0, 0.1) is 13.8 Å². The molecule has 134 valence electrons. The van der Waals surface area contributed by atoms with Crippen LogP contribution in [0.25, 0.3) is 0 Å². The number of pyridine rings is 1. The lowest BCUT2D eigenvalue weighted by Crippen LogP contribution is -2.26. The van der Waals surface area contributed by atoms with E-state index in [1.807, 2.05) is 57.2 Å². The Hall–Kier alpha value is -3.15. The van der Waals surface area contributed by atoms with E-state index >= 15 is 0 Å². The molecule has 1 N–H and O–H groups in total. The topological polar surface area (TPSA) is 69.0 Å². The summed E-state index contributed by atoms with van der Waals surface area (Å²) in [5.74, 6) is 1.07. The summed E-state index contributed by atoms with van der Waals surface area (Å²) in [6.07, 6.45) is 1.68. The van der Waals surface area contributed by atoms with E-state index in [-0.39, 0.29) is 5.91 Å². The highest BCUT2D eigenvalue weighted by Crippen LogP contribution is 2.25. The summed E-state index contributed by atoms with van der Waals surface area (Å²) in [7, 11) is 0. The van der Waals surface area contributed by atoms with Crippen LogP contribution in [0.5, 0.6) is 11.6 Å². The van der Waals surface area contributed by atoms with Crippen molar-refractivity contribution < 1.29 is 9.53 Å². The van der Waals surface area contributed by atoms with Crippen molar-refractivity contribution in [2.75, 3.05) is 0 Å². The molecule has 3 rings (SSSR count). The normalized spacial score (nSPS) is 10.6. The summed E-state index contributed by atoms with van der Waals surface area (Å²) in [6, 6.07) is 13.3. The highest BCUT2D eigenvalue weighted by atomic mass is 16.5. The Morgan fingerprint density at radius 1 is 1.19 bits per heavy atom. The molecule has 0 spiro atoms. The number of aryl methyl sites for hydroxylation is 3. The maximum absolute atomic E-state index is 12.5. The lowest BCUT2D eigenvalue weighted by atomic mass is 10.2. The monoisotopic (exact) mass is 350 g/mol. The van der Waals surface area contributed by atoms with Crippen molar-refractivity contribution in [2.24, 2.45) is 0 Å². The summed E-state index contributed by atoms with van der Waals surface area (Å²) in [6.45, 7) is 6.78. The van der Waals surface area contributed by atoms with Crippen LogP contribution in [0.4, 0.5) is 0 Å². The fourth-order valence-corrected chi connectivity index (χ4v) is 2.66. The van der Waals surface area contributed by atoms with Gasteiger partial charge in [0.05, 0.1) is 5.69 Å². The van der Waals surface area contributed by atoms with E-state index in [1.165, 1.54) is 0 Å². The van der Waals surface area contributed by atoms with Crippen LogP contribution in [0.1, 0.15) is 34.2 Å². The first-order valence-electron chi connectivity index (χ1n) is 8.58. The second-order valence-electron chi connectivity index (χ2n) is 6.00. The quantitative estimate of drug-likeness (QED) is 0.737. The van der Waals surface area contributed by atoms with E-state index in [2.05, 4.69) is 15.4 Å². The van der Waals surface area contributed by atoms with Gasteiger partial charge in [-0.2, -0.15) is 5.10 Å². The Balaban J connectivity index is 1.74. The number of hydrogen-bond donors (Lipinski definition) is 1. The second kappa shape index (κ2) is 7.82. The second-order valence-corrected chi connectivity index (χ2v) is 6.00. The molecule has 26 heavy (non-hydrogen) atoms. The molecule has 6 heteroatoms. The molecule has 1 amide bonds. The Labute approximate surface area is 152 Å². The number of ether oxygens (including phenoxy) is 1. The van der Waals surface area contributed by atoms with Gasteiger partial charge in [-0.1, -0.05) is 24.3 Å². The number of para-hydroxylation sites is 1. The van der Waals surface area contributed by atoms with Crippen molar-refractivity contribution in [2.45, 2.75) is 33.9 Å². The molecule has 6 nitrogen and oxygen atoms in total. The van der Waals surface area contributed by atoms with Crippen molar-refractivity contribution in [3.63, 3.8) is 0 Å². The van der Waals surface area contributed by atoms with Crippen LogP contribution in [0.2, 0.25) is 0 Å². The number of benzene rings is 1. The molecule has 0 saturated heterocycles. The standard InChI is InChI=1S/C20H22N4O2/c1-4-24-17(12-15(3)23-24)19(25)22-13-16-9-7-11-21-20(16)26-18-10-6-5-8-14(18)2/h5-12H,4,13H2,1-3H3,(H,22,25). The molecule has 1 aromatic carbocycles. The number of rotatable bonds is 6. The van der Waals surface area contributed by atoms with E-state index in [1.54, 1.807) is 16.9 Å². The van der Waals surface area contributed by atoms with E-state index in [0.29, 0.717) is 24.7 Å². The van der Waals surface area contributed by atoms with E-state index in [4.69, 9.17) is 4.74 Å². The summed E-state index contributed by atoms with van der Waals surface area (Å²) in [4.78, 5) is 16.8. The maximum atomic E-state index is 12.5. The molecule has 0 saturated carbocycles. The molecule has 0 bridgehead atoms. The van der Waals surface area contributed by atoms with Crippen LogP contribution in [-0.4, -0.2) is 20.7 Å². The van der Waals surface area contributed by atoms with Crippen LogP contribution in [0.3, 0.4) is 0 Å². The molecule has 0 radical (unpaired) electrons. The first kappa shape index (κ1) is 17.7. The molecule has 0 fully saturated rings. The zero-order valence-corrected chi connectivity index (χ0v) is 15.2. The van der Waals surface area contributed by atoms with Crippen molar-refractivity contribution in [3.8, 4) is 11.6 Å². The fourth-order valence-electron chi connectivity index (χ4n) is 2.66. The van der Waals surface area contributed by atoms with Gasteiger partial charge in [0, 0.05) is 24.8 Å². The van der Waals surface area contributed by atoms with Gasteiger partial charge in [-0.05, 0) is 44.5 Å². The first-order valence-corrected chi connectivity index (χ1v) is 8.58. The zero-order chi connectivity index (χ0) is 18.5. The average molecular weight is 350 g/mol. The predicted molar refractivity (Wildman–Crippen MR) is 99.3 cm³/mol. The SMILES string of the molecule is CCn1nc(C)cc1C(=O)NCc1cccnc1Oc1ccccc1C. The molecule has 0 atom stereocenters. The Morgan fingerprint density at radius 2 is 2.00 bits per heavy atom. The van der Waals surface area contributed by atoms with Crippen LogP contribution in [0.15, 0.2) is 48.7 Å². The number of aromatic nitrogens is 3. The van der Waals surface area contributed by atoms with E-state index in [9.17, 15) is 4.79 Å². The van der Waals surface area contributed by atoms with Crippen molar-refractivity contribution in [1.29, 1.82) is 0 Å². The van der Waals surface area contributed by atoms with Crippen molar-refractivity contribution in [1.82, 2.24) is 20.1 Å². The average Bonchev–Trinajstić information content (AvgIpc) is 3.03. The van der Waals surface area contributed by atoms with E-state index in [0.717, 1.165) is 22.6 Å². The number of nitrogens with one attached hydrogen (secondary N) is 1. The van der Waals surface area contributed by atoms with Crippen molar-refractivity contribution in [3.05, 3.63) is 71.2 Å². The largest absolute Gasteiger partial charge is 0.438 e. The van der Waals surface area contributed by atoms with Crippen LogP contribution >= 0.6 is 0 Å². The lowest BCUT2D eigenvalue weighted by molar-refractivity contribution is 0.0940. The molecule has 2 heterocycles. The maximum Gasteiger partial charge on any atom is 0.269 e. The zero-order valence-electron chi connectivity index (χ0n) is 15.2. The van der Waals surface area contributed by atoms with Crippen LogP contribution in [-0.2, 0) is 13.1 Å². The number of nitrogens with zero attached hydrogens (tertiary/aromatic N) is 3. The molecular weight excluding hydrogens is 328 g/mol. The minimum Gasteiger partial charge on any atom is -0.438 e. The minimum atomic E-state index is -0.168. The van der Waals surface area contributed by atoms with Crippen LogP contribution < -0.4 is 10.1 Å². The highest BCUT2D eigenvalue weighted by Gasteiger charge is 2.14.